The Morgan fingerprint density at radius 3 is 1.78 bits per heavy atom. The Morgan fingerprint density at radius 1 is 1.44 bits per heavy atom. The first-order valence-corrected chi connectivity index (χ1v) is 3.50. The van der Waals surface area contributed by atoms with E-state index in [0.717, 1.165) is 13.1 Å². The van der Waals surface area contributed by atoms with Crippen LogP contribution in [0.4, 0.5) is 0 Å². The van der Waals surface area contributed by atoms with Crippen molar-refractivity contribution >= 4 is 56.5 Å². The molecule has 0 fully saturated rings. The third kappa shape index (κ3) is 5.47. The Balaban J connectivity index is 0. The quantitative estimate of drug-likeness (QED) is 0.412. The standard InChI is InChI=1S/C5H11NS2.Tl/c1-3-6(4-2)5(7)8;/h3-4H2,1-2H3,(H,7,8);/q;+1/p-1/i;1-3. The third-order valence-electron chi connectivity index (χ3n) is 1.02. The van der Waals surface area contributed by atoms with Gasteiger partial charge >= 0.3 is 27.3 Å². The van der Waals surface area contributed by atoms with E-state index in [9.17, 15) is 0 Å². The maximum atomic E-state index is 4.76. The van der Waals surface area contributed by atoms with Gasteiger partial charge in [-0.05, 0) is 13.8 Å². The molecule has 0 aliphatic rings. The maximum absolute atomic E-state index is 4.76. The second-order valence-electron chi connectivity index (χ2n) is 1.44. The van der Waals surface area contributed by atoms with Gasteiger partial charge in [0.15, 0.2) is 0 Å². The van der Waals surface area contributed by atoms with Crippen LogP contribution in [-0.2, 0) is 12.6 Å². The van der Waals surface area contributed by atoms with Crippen LogP contribution in [0.1, 0.15) is 13.8 Å². The van der Waals surface area contributed by atoms with Gasteiger partial charge in [0.1, 0.15) is 0 Å². The molecule has 9 heavy (non-hydrogen) atoms. The molecule has 0 saturated heterocycles. The summed E-state index contributed by atoms with van der Waals surface area (Å²) in [6.07, 6.45) is 0. The van der Waals surface area contributed by atoms with Crippen molar-refractivity contribution in [3.63, 3.8) is 0 Å². The maximum Gasteiger partial charge on any atom is 1.00 e. The molecule has 0 N–H and O–H groups in total. The summed E-state index contributed by atoms with van der Waals surface area (Å²) in [6, 6.07) is 0. The van der Waals surface area contributed by atoms with Gasteiger partial charge in [-0.1, -0.05) is 4.32 Å². The van der Waals surface area contributed by atoms with Gasteiger partial charge in [0.25, 0.3) is 0 Å². The zero-order valence-corrected chi connectivity index (χ0v) is 11.9. The molecular weight excluding hydrogens is 339 g/mol. The summed E-state index contributed by atoms with van der Waals surface area (Å²) in [5.74, 6) is 0. The molecule has 0 saturated carbocycles. The van der Waals surface area contributed by atoms with Crippen molar-refractivity contribution in [1.82, 2.24) is 4.90 Å². The van der Waals surface area contributed by atoms with Crippen LogP contribution in [0.25, 0.3) is 0 Å². The fourth-order valence-electron chi connectivity index (χ4n) is 0.482. The summed E-state index contributed by atoms with van der Waals surface area (Å²) < 4.78 is 0.579. The van der Waals surface area contributed by atoms with Crippen LogP contribution in [-0.4, -0.2) is 49.6 Å². The van der Waals surface area contributed by atoms with Crippen LogP contribution in [0.15, 0.2) is 0 Å². The molecule has 0 atom stereocenters. The Bertz CT molecular complexity index is 83.0. The van der Waals surface area contributed by atoms with Crippen LogP contribution in [0.2, 0.25) is 0 Å². The Morgan fingerprint density at radius 2 is 1.78 bits per heavy atom. The molecule has 1 nitrogen and oxygen atoms in total. The largest absolute Gasteiger partial charge is 1.00 e. The topological polar surface area (TPSA) is 3.24 Å². The zero-order valence-electron chi connectivity index (χ0n) is 5.76. The minimum Gasteiger partial charge on any atom is -0.411 e. The average Bonchev–Trinajstić information content (AvgIpc) is 1.69. The molecule has 0 rings (SSSR count). The number of rotatable bonds is 2. The molecule has 0 aliphatic heterocycles. The predicted molar refractivity (Wildman–Crippen MR) is 48.6 cm³/mol. The first kappa shape index (κ1) is 12.7. The minimum atomic E-state index is 0. The molecule has 0 bridgehead atoms. The minimum absolute atomic E-state index is 0. The number of nitrogens with zero attached hydrogens (tertiary/aromatic N) is 1. The van der Waals surface area contributed by atoms with Crippen LogP contribution in [0, 0.1) is 0 Å². The number of hydrogen-bond donors (Lipinski definition) is 0. The molecule has 0 unspecified atom stereocenters. The van der Waals surface area contributed by atoms with Gasteiger partial charge in [0.2, 0.25) is 0 Å². The van der Waals surface area contributed by atoms with Crippen LogP contribution in [0.5, 0.6) is 0 Å². The summed E-state index contributed by atoms with van der Waals surface area (Å²) >= 11 is 9.51. The average molecular weight is 349 g/mol. The van der Waals surface area contributed by atoms with Crippen molar-refractivity contribution in [2.24, 2.45) is 0 Å². The van der Waals surface area contributed by atoms with Gasteiger partial charge in [-0.15, -0.1) is 0 Å². The number of hydrogen-bond acceptors (Lipinski definition) is 2. The molecule has 0 aromatic rings. The van der Waals surface area contributed by atoms with Gasteiger partial charge in [0.05, 0.1) is 0 Å². The van der Waals surface area contributed by atoms with E-state index in [0.29, 0.717) is 4.32 Å². The van der Waals surface area contributed by atoms with Crippen molar-refractivity contribution in [2.45, 2.75) is 13.8 Å². The summed E-state index contributed by atoms with van der Waals surface area (Å²) in [5.41, 5.74) is 0. The number of thiocarbonyl (C=S) groups is 1. The molecule has 0 aliphatic carbocycles. The van der Waals surface area contributed by atoms with E-state index in [2.05, 4.69) is 0 Å². The first-order valence-electron chi connectivity index (χ1n) is 2.68. The Labute approximate surface area is 87.8 Å². The van der Waals surface area contributed by atoms with E-state index in [1.165, 1.54) is 0 Å². The normalized spacial score (nSPS) is 7.78. The Hall–Kier alpha value is 1.03. The van der Waals surface area contributed by atoms with Crippen molar-refractivity contribution < 1.29 is 0 Å². The van der Waals surface area contributed by atoms with Gasteiger partial charge in [-0.2, -0.15) is 0 Å². The van der Waals surface area contributed by atoms with Crippen molar-refractivity contribution in [3.05, 3.63) is 0 Å². The molecule has 0 heterocycles. The molecule has 0 amide bonds. The van der Waals surface area contributed by atoms with Crippen LogP contribution < -0.4 is 0 Å². The van der Waals surface area contributed by atoms with E-state index in [4.69, 9.17) is 24.8 Å². The molecule has 0 aromatic carbocycles. The summed E-state index contributed by atoms with van der Waals surface area (Å²) in [5, 5.41) is 0. The summed E-state index contributed by atoms with van der Waals surface area (Å²) in [6.45, 7) is 5.95. The molecule has 0 spiro atoms. The smallest absolute Gasteiger partial charge is 0.411 e. The van der Waals surface area contributed by atoms with Gasteiger partial charge in [-0.3, -0.25) is 0 Å². The zero-order chi connectivity index (χ0) is 6.57. The van der Waals surface area contributed by atoms with E-state index in [1.54, 1.807) is 0 Å². The second-order valence-corrected chi connectivity index (χ2v) is 2.47. The fourth-order valence-corrected chi connectivity index (χ4v) is 0.998. The van der Waals surface area contributed by atoms with Crippen molar-refractivity contribution in [3.8, 4) is 0 Å². The molecule has 50 valence electrons. The van der Waals surface area contributed by atoms with Crippen molar-refractivity contribution in [2.75, 3.05) is 13.1 Å². The SMILES string of the molecule is CCN(CC)C(=S)[S-].[201Tl+]. The summed E-state index contributed by atoms with van der Waals surface area (Å²) in [7, 11) is 0. The van der Waals surface area contributed by atoms with Gasteiger partial charge in [0, 0.05) is 13.1 Å². The molecule has 0 radical (unpaired) electrons. The summed E-state index contributed by atoms with van der Waals surface area (Å²) in [4.78, 5) is 1.96. The van der Waals surface area contributed by atoms with E-state index < -0.39 is 0 Å². The monoisotopic (exact) mass is 349 g/mol. The first-order chi connectivity index (χ1) is 3.72. The molecule has 0 aromatic heterocycles. The fraction of sp³-hybridized carbons (Fsp3) is 0.800. The third-order valence-corrected chi connectivity index (χ3v) is 1.54. The molecular formula is C5H10NS2Tl. The van der Waals surface area contributed by atoms with Gasteiger partial charge in [-0.25, -0.2) is 0 Å². The van der Waals surface area contributed by atoms with E-state index in [1.807, 2.05) is 18.7 Å². The van der Waals surface area contributed by atoms with Crippen LogP contribution in [0.3, 0.4) is 0 Å². The molecule has 4 heteroatoms. The van der Waals surface area contributed by atoms with Gasteiger partial charge < -0.3 is 29.7 Å². The Kier molecular flexibility index (Phi) is 10.1. The van der Waals surface area contributed by atoms with E-state index in [-0.39, 0.29) is 27.3 Å². The van der Waals surface area contributed by atoms with Crippen LogP contribution >= 0.6 is 12.2 Å². The second kappa shape index (κ2) is 7.14. The van der Waals surface area contributed by atoms with E-state index >= 15 is 0 Å². The predicted octanol–water partition coefficient (Wildman–Crippen LogP) is 0.779. The van der Waals surface area contributed by atoms with Crippen molar-refractivity contribution in [1.29, 1.82) is 0 Å².